The highest BCUT2D eigenvalue weighted by atomic mass is 19.4. The van der Waals surface area contributed by atoms with Crippen LogP contribution in [0.25, 0.3) is 0 Å². The van der Waals surface area contributed by atoms with Gasteiger partial charge >= 0.3 is 6.18 Å². The molecular weight excluding hydrogens is 213 g/mol. The number of benzene rings is 1. The summed E-state index contributed by atoms with van der Waals surface area (Å²) in [4.78, 5) is 0. The van der Waals surface area contributed by atoms with Gasteiger partial charge in [-0.2, -0.15) is 13.2 Å². The first-order valence-electron chi connectivity index (χ1n) is 5.56. The summed E-state index contributed by atoms with van der Waals surface area (Å²) in [5.74, 6) is 1.45. The Hall–Kier alpha value is -0.990. The van der Waals surface area contributed by atoms with Gasteiger partial charge in [0.15, 0.2) is 0 Å². The van der Waals surface area contributed by atoms with Gasteiger partial charge in [0.25, 0.3) is 0 Å². The quantitative estimate of drug-likeness (QED) is 0.700. The van der Waals surface area contributed by atoms with E-state index >= 15 is 0 Å². The van der Waals surface area contributed by atoms with Gasteiger partial charge in [-0.3, -0.25) is 0 Å². The lowest BCUT2D eigenvalue weighted by Crippen LogP contribution is -2.05. The molecule has 1 aliphatic rings. The summed E-state index contributed by atoms with van der Waals surface area (Å²) in [6.45, 7) is 4.25. The van der Waals surface area contributed by atoms with Crippen LogP contribution in [-0.4, -0.2) is 0 Å². The third kappa shape index (κ3) is 2.23. The monoisotopic (exact) mass is 228 g/mol. The van der Waals surface area contributed by atoms with E-state index < -0.39 is 11.7 Å². The average molecular weight is 228 g/mol. The molecule has 0 spiro atoms. The fraction of sp³-hybridized carbons (Fsp3) is 0.538. The highest BCUT2D eigenvalue weighted by Gasteiger charge is 2.41. The summed E-state index contributed by atoms with van der Waals surface area (Å²) in [5, 5.41) is 0. The van der Waals surface area contributed by atoms with E-state index in [-0.39, 0.29) is 0 Å². The molecular formula is C13H15F3. The predicted molar refractivity (Wildman–Crippen MR) is 57.1 cm³/mol. The van der Waals surface area contributed by atoms with Crippen molar-refractivity contribution < 1.29 is 13.2 Å². The van der Waals surface area contributed by atoms with Crippen LogP contribution >= 0.6 is 0 Å². The normalized spacial score (nSPS) is 24.9. The lowest BCUT2D eigenvalue weighted by molar-refractivity contribution is -0.137. The third-order valence-corrected chi connectivity index (χ3v) is 3.34. The Morgan fingerprint density at radius 3 is 2.44 bits per heavy atom. The maximum Gasteiger partial charge on any atom is 0.416 e. The number of hydrogen-bond acceptors (Lipinski definition) is 0. The summed E-state index contributed by atoms with van der Waals surface area (Å²) in [6, 6.07) is 5.75. The van der Waals surface area contributed by atoms with Gasteiger partial charge in [0.05, 0.1) is 5.56 Å². The number of halogens is 3. The third-order valence-electron chi connectivity index (χ3n) is 3.34. The zero-order valence-electron chi connectivity index (χ0n) is 9.38. The van der Waals surface area contributed by atoms with Crippen molar-refractivity contribution in [2.75, 3.05) is 0 Å². The van der Waals surface area contributed by atoms with Crippen molar-refractivity contribution in [1.82, 2.24) is 0 Å². The number of hydrogen-bond donors (Lipinski definition) is 0. The molecule has 0 aromatic heterocycles. The Kier molecular flexibility index (Phi) is 2.72. The van der Waals surface area contributed by atoms with Crippen molar-refractivity contribution >= 4 is 0 Å². The summed E-state index contributed by atoms with van der Waals surface area (Å²) < 4.78 is 37.5. The van der Waals surface area contributed by atoms with Crippen LogP contribution in [0.1, 0.15) is 37.3 Å². The van der Waals surface area contributed by atoms with Gasteiger partial charge in [0, 0.05) is 0 Å². The lowest BCUT2D eigenvalue weighted by atomic mass is 10.0. The molecule has 2 atom stereocenters. The molecule has 2 unspecified atom stereocenters. The molecule has 1 saturated carbocycles. The summed E-state index contributed by atoms with van der Waals surface area (Å²) in [5.41, 5.74) is 0.313. The molecule has 0 radical (unpaired) electrons. The van der Waals surface area contributed by atoms with Crippen LogP contribution in [0.5, 0.6) is 0 Å². The van der Waals surface area contributed by atoms with Gasteiger partial charge in [-0.15, -0.1) is 0 Å². The zero-order chi connectivity index (χ0) is 11.9. The Morgan fingerprint density at radius 1 is 1.25 bits per heavy atom. The van der Waals surface area contributed by atoms with E-state index in [9.17, 15) is 13.2 Å². The maximum atomic E-state index is 12.5. The van der Waals surface area contributed by atoms with Gasteiger partial charge < -0.3 is 0 Å². The van der Waals surface area contributed by atoms with Crippen LogP contribution in [0, 0.1) is 11.8 Å². The van der Waals surface area contributed by atoms with Crippen LogP contribution in [-0.2, 0) is 6.18 Å². The Labute approximate surface area is 93.5 Å². The molecule has 3 heteroatoms. The fourth-order valence-electron chi connectivity index (χ4n) is 2.28. The molecule has 0 amide bonds. The minimum atomic E-state index is -4.22. The van der Waals surface area contributed by atoms with Crippen LogP contribution in [0.15, 0.2) is 24.3 Å². The van der Waals surface area contributed by atoms with Gasteiger partial charge in [-0.05, 0) is 35.8 Å². The summed E-state index contributed by atoms with van der Waals surface area (Å²) in [6.07, 6.45) is -3.20. The Morgan fingerprint density at radius 2 is 1.94 bits per heavy atom. The van der Waals surface area contributed by atoms with Gasteiger partial charge in [-0.1, -0.05) is 32.0 Å². The summed E-state index contributed by atoms with van der Waals surface area (Å²) in [7, 11) is 0. The van der Waals surface area contributed by atoms with Crippen molar-refractivity contribution in [3.63, 3.8) is 0 Å². The zero-order valence-corrected chi connectivity index (χ0v) is 9.38. The highest BCUT2D eigenvalue weighted by Crippen LogP contribution is 2.52. The Bertz CT molecular complexity index is 379. The second kappa shape index (κ2) is 3.79. The van der Waals surface area contributed by atoms with E-state index in [4.69, 9.17) is 0 Å². The Balaban J connectivity index is 2.19. The minimum Gasteiger partial charge on any atom is -0.166 e. The fourth-order valence-corrected chi connectivity index (χ4v) is 2.28. The standard InChI is InChI=1S/C13H15F3/c1-8(2)11-7-12(11)9-4-3-5-10(6-9)13(14,15)16/h3-6,8,11-12H,7H2,1-2H3. The van der Waals surface area contributed by atoms with Crippen molar-refractivity contribution in [3.8, 4) is 0 Å². The molecule has 1 aliphatic carbocycles. The number of alkyl halides is 3. The second-order valence-electron chi connectivity index (χ2n) is 4.87. The topological polar surface area (TPSA) is 0 Å². The first-order chi connectivity index (χ1) is 7.39. The highest BCUT2D eigenvalue weighted by molar-refractivity contribution is 5.32. The molecule has 16 heavy (non-hydrogen) atoms. The van der Waals surface area contributed by atoms with Crippen molar-refractivity contribution in [2.45, 2.75) is 32.4 Å². The first-order valence-corrected chi connectivity index (χ1v) is 5.56. The van der Waals surface area contributed by atoms with Gasteiger partial charge in [-0.25, -0.2) is 0 Å². The molecule has 0 aliphatic heterocycles. The van der Waals surface area contributed by atoms with E-state index in [1.165, 1.54) is 12.1 Å². The molecule has 1 aromatic rings. The van der Waals surface area contributed by atoms with Crippen molar-refractivity contribution in [1.29, 1.82) is 0 Å². The van der Waals surface area contributed by atoms with Gasteiger partial charge in [0.1, 0.15) is 0 Å². The van der Waals surface area contributed by atoms with E-state index in [0.717, 1.165) is 18.1 Å². The van der Waals surface area contributed by atoms with Gasteiger partial charge in [0.2, 0.25) is 0 Å². The second-order valence-corrected chi connectivity index (χ2v) is 4.87. The number of rotatable bonds is 2. The van der Waals surface area contributed by atoms with Crippen LogP contribution in [0.2, 0.25) is 0 Å². The molecule has 0 saturated heterocycles. The van der Waals surface area contributed by atoms with E-state index in [0.29, 0.717) is 17.8 Å². The maximum absolute atomic E-state index is 12.5. The van der Waals surface area contributed by atoms with Crippen LogP contribution in [0.4, 0.5) is 13.2 Å². The molecule has 2 rings (SSSR count). The van der Waals surface area contributed by atoms with E-state index in [1.54, 1.807) is 0 Å². The SMILES string of the molecule is CC(C)C1CC1c1cccc(C(F)(F)F)c1. The summed E-state index contributed by atoms with van der Waals surface area (Å²) >= 11 is 0. The molecule has 88 valence electrons. The minimum absolute atomic E-state index is 0.335. The molecule has 0 nitrogen and oxygen atoms in total. The first kappa shape index (κ1) is 11.5. The largest absolute Gasteiger partial charge is 0.416 e. The van der Waals surface area contributed by atoms with E-state index in [1.807, 2.05) is 6.07 Å². The average Bonchev–Trinajstić information content (AvgIpc) is 2.96. The van der Waals surface area contributed by atoms with Crippen molar-refractivity contribution in [2.24, 2.45) is 11.8 Å². The van der Waals surface area contributed by atoms with Crippen LogP contribution in [0.3, 0.4) is 0 Å². The molecule has 1 fully saturated rings. The molecule has 0 bridgehead atoms. The molecule has 1 aromatic carbocycles. The molecule has 0 heterocycles. The van der Waals surface area contributed by atoms with Crippen molar-refractivity contribution in [3.05, 3.63) is 35.4 Å². The lowest BCUT2D eigenvalue weighted by Gasteiger charge is -2.09. The van der Waals surface area contributed by atoms with Crippen LogP contribution < -0.4 is 0 Å². The predicted octanol–water partition coefficient (Wildman–Crippen LogP) is 4.46. The van der Waals surface area contributed by atoms with E-state index in [2.05, 4.69) is 13.8 Å². The molecule has 0 N–H and O–H groups in total. The smallest absolute Gasteiger partial charge is 0.166 e.